The van der Waals surface area contributed by atoms with Gasteiger partial charge < -0.3 is 24.8 Å². The maximum atomic E-state index is 11.9. The number of hydrogen-bond acceptors (Lipinski definition) is 6. The molecule has 0 aliphatic heterocycles. The summed E-state index contributed by atoms with van der Waals surface area (Å²) in [5.74, 6) is 1.93. The van der Waals surface area contributed by atoms with Crippen LogP contribution in [0.25, 0.3) is 11.3 Å². The van der Waals surface area contributed by atoms with Gasteiger partial charge in [0.2, 0.25) is 5.88 Å². The highest BCUT2D eigenvalue weighted by Gasteiger charge is 2.04. The lowest BCUT2D eigenvalue weighted by Crippen LogP contribution is -2.32. The van der Waals surface area contributed by atoms with Gasteiger partial charge in [-0.1, -0.05) is 0 Å². The highest BCUT2D eigenvalue weighted by Crippen LogP contribution is 2.21. The van der Waals surface area contributed by atoms with Crippen LogP contribution in [0.3, 0.4) is 0 Å². The molecular formula is C22H24N4O4. The van der Waals surface area contributed by atoms with Crippen LogP contribution in [0.2, 0.25) is 0 Å². The quantitative estimate of drug-likeness (QED) is 0.524. The van der Waals surface area contributed by atoms with Crippen molar-refractivity contribution < 1.29 is 19.0 Å². The molecule has 3 rings (SSSR count). The van der Waals surface area contributed by atoms with E-state index in [1.165, 1.54) is 0 Å². The molecule has 0 aliphatic carbocycles. The molecule has 0 saturated heterocycles. The maximum Gasteiger partial charge on any atom is 0.319 e. The van der Waals surface area contributed by atoms with Crippen molar-refractivity contribution in [3.63, 3.8) is 0 Å². The molecule has 8 nitrogen and oxygen atoms in total. The summed E-state index contributed by atoms with van der Waals surface area (Å²) in [5.41, 5.74) is 2.35. The number of carbonyl (C=O) groups excluding carboxylic acids is 1. The van der Waals surface area contributed by atoms with Gasteiger partial charge >= 0.3 is 6.03 Å². The lowest BCUT2D eigenvalue weighted by atomic mass is 10.1. The third-order valence-corrected chi connectivity index (χ3v) is 4.09. The minimum absolute atomic E-state index is 0.271. The number of nitrogens with zero attached hydrogens (tertiary/aromatic N) is 2. The summed E-state index contributed by atoms with van der Waals surface area (Å²) in [7, 11) is 1.59. The largest absolute Gasteiger partial charge is 0.497 e. The van der Waals surface area contributed by atoms with Gasteiger partial charge in [-0.3, -0.25) is 0 Å². The minimum atomic E-state index is -0.319. The van der Waals surface area contributed by atoms with Gasteiger partial charge in [0.05, 0.1) is 26.0 Å². The number of amides is 2. The fourth-order valence-electron chi connectivity index (χ4n) is 2.61. The van der Waals surface area contributed by atoms with Crippen LogP contribution in [0.1, 0.15) is 6.92 Å². The summed E-state index contributed by atoms with van der Waals surface area (Å²) in [4.78, 5) is 11.9. The Kier molecular flexibility index (Phi) is 7.43. The summed E-state index contributed by atoms with van der Waals surface area (Å²) in [6.45, 7) is 3.17. The molecule has 1 heterocycles. The highest BCUT2D eigenvalue weighted by molar-refractivity contribution is 5.89. The minimum Gasteiger partial charge on any atom is -0.497 e. The van der Waals surface area contributed by atoms with Crippen LogP contribution >= 0.6 is 0 Å². The zero-order valence-electron chi connectivity index (χ0n) is 16.9. The lowest BCUT2D eigenvalue weighted by Gasteiger charge is -2.09. The van der Waals surface area contributed by atoms with Crippen LogP contribution in [0.15, 0.2) is 60.7 Å². The second-order valence-electron chi connectivity index (χ2n) is 6.17. The number of carbonyl (C=O) groups is 1. The molecule has 2 aromatic carbocycles. The van der Waals surface area contributed by atoms with Crippen LogP contribution in [0, 0.1) is 0 Å². The average molecular weight is 408 g/mol. The summed E-state index contributed by atoms with van der Waals surface area (Å²) < 4.78 is 16.0. The Balaban J connectivity index is 1.41. The van der Waals surface area contributed by atoms with E-state index in [1.54, 1.807) is 37.4 Å². The first-order chi connectivity index (χ1) is 14.7. The van der Waals surface area contributed by atoms with Gasteiger partial charge in [0.1, 0.15) is 18.1 Å². The van der Waals surface area contributed by atoms with Crippen LogP contribution in [-0.4, -0.2) is 43.1 Å². The zero-order chi connectivity index (χ0) is 21.2. The van der Waals surface area contributed by atoms with Crippen molar-refractivity contribution >= 4 is 11.7 Å². The molecule has 8 heteroatoms. The van der Waals surface area contributed by atoms with E-state index in [4.69, 9.17) is 14.2 Å². The molecule has 0 spiro atoms. The molecule has 0 unspecified atom stereocenters. The first kappa shape index (κ1) is 20.9. The molecule has 0 atom stereocenters. The number of rotatable bonds is 9. The van der Waals surface area contributed by atoms with Crippen molar-refractivity contribution in [2.45, 2.75) is 6.92 Å². The Morgan fingerprint density at radius 1 is 0.900 bits per heavy atom. The van der Waals surface area contributed by atoms with E-state index < -0.39 is 0 Å². The zero-order valence-corrected chi connectivity index (χ0v) is 16.9. The Morgan fingerprint density at radius 2 is 1.63 bits per heavy atom. The summed E-state index contributed by atoms with van der Waals surface area (Å²) in [6, 6.07) is 18.0. The molecule has 0 bridgehead atoms. The summed E-state index contributed by atoms with van der Waals surface area (Å²) in [5, 5.41) is 13.7. The topological polar surface area (TPSA) is 94.6 Å². The predicted molar refractivity (Wildman–Crippen MR) is 114 cm³/mol. The molecule has 3 aromatic rings. The molecule has 0 fully saturated rings. The number of benzene rings is 2. The van der Waals surface area contributed by atoms with Crippen molar-refractivity contribution in [2.24, 2.45) is 0 Å². The van der Waals surface area contributed by atoms with E-state index in [0.717, 1.165) is 22.8 Å². The van der Waals surface area contributed by atoms with Crippen LogP contribution in [-0.2, 0) is 0 Å². The third kappa shape index (κ3) is 6.10. The monoisotopic (exact) mass is 408 g/mol. The lowest BCUT2D eigenvalue weighted by molar-refractivity contribution is 0.246. The van der Waals surface area contributed by atoms with Crippen molar-refractivity contribution in [1.29, 1.82) is 0 Å². The first-order valence-electron chi connectivity index (χ1n) is 9.56. The summed E-state index contributed by atoms with van der Waals surface area (Å²) >= 11 is 0. The van der Waals surface area contributed by atoms with Crippen LogP contribution < -0.4 is 24.8 Å². The number of hydrogen-bond donors (Lipinski definition) is 2. The molecule has 0 radical (unpaired) electrons. The predicted octanol–water partition coefficient (Wildman–Crippen LogP) is 3.75. The molecule has 2 N–H and O–H groups in total. The third-order valence-electron chi connectivity index (χ3n) is 4.09. The fourth-order valence-corrected chi connectivity index (χ4v) is 2.61. The van der Waals surface area contributed by atoms with Gasteiger partial charge in [-0.05, 0) is 61.5 Å². The molecule has 156 valence electrons. The van der Waals surface area contributed by atoms with Crippen molar-refractivity contribution in [1.82, 2.24) is 15.5 Å². The fraction of sp³-hybridized carbons (Fsp3) is 0.227. The number of aromatic nitrogens is 2. The van der Waals surface area contributed by atoms with Crippen LogP contribution in [0.5, 0.6) is 17.4 Å². The van der Waals surface area contributed by atoms with Gasteiger partial charge in [0.15, 0.2) is 0 Å². The maximum absolute atomic E-state index is 11.9. The van der Waals surface area contributed by atoms with Gasteiger partial charge in [-0.25, -0.2) is 4.79 Å². The van der Waals surface area contributed by atoms with Crippen molar-refractivity contribution in [3.8, 4) is 28.6 Å². The van der Waals surface area contributed by atoms with E-state index in [0.29, 0.717) is 24.7 Å². The van der Waals surface area contributed by atoms with Gasteiger partial charge in [-0.2, -0.15) is 0 Å². The number of urea groups is 1. The number of ether oxygens (including phenoxy) is 3. The average Bonchev–Trinajstić information content (AvgIpc) is 2.78. The SMILES string of the molecule is CCOc1ccc(-c2ccc(OCCNC(=O)Nc3ccc(OC)cc3)nn2)cc1. The Bertz CT molecular complexity index is 929. The smallest absolute Gasteiger partial charge is 0.319 e. The first-order valence-corrected chi connectivity index (χ1v) is 9.56. The highest BCUT2D eigenvalue weighted by atomic mass is 16.5. The van der Waals surface area contributed by atoms with Crippen LogP contribution in [0.4, 0.5) is 10.5 Å². The van der Waals surface area contributed by atoms with E-state index in [-0.39, 0.29) is 12.6 Å². The Hall–Kier alpha value is -3.81. The number of methoxy groups -OCH3 is 1. The molecule has 1 aromatic heterocycles. The van der Waals surface area contributed by atoms with Gasteiger partial charge in [0.25, 0.3) is 0 Å². The van der Waals surface area contributed by atoms with Crippen molar-refractivity contribution in [2.75, 3.05) is 32.2 Å². The molecule has 0 aliphatic rings. The van der Waals surface area contributed by atoms with E-state index in [2.05, 4.69) is 20.8 Å². The molecule has 2 amide bonds. The standard InChI is InChI=1S/C22H24N4O4/c1-3-29-19-8-4-16(5-9-19)20-12-13-21(26-25-20)30-15-14-23-22(27)24-17-6-10-18(28-2)11-7-17/h4-13H,3,14-15H2,1-2H3,(H2,23,24,27). The molecular weight excluding hydrogens is 384 g/mol. The van der Waals surface area contributed by atoms with Gasteiger partial charge in [0, 0.05) is 17.3 Å². The van der Waals surface area contributed by atoms with E-state index in [9.17, 15) is 4.79 Å². The second kappa shape index (κ2) is 10.7. The van der Waals surface area contributed by atoms with E-state index in [1.807, 2.05) is 37.3 Å². The summed E-state index contributed by atoms with van der Waals surface area (Å²) in [6.07, 6.45) is 0. The molecule has 30 heavy (non-hydrogen) atoms. The van der Waals surface area contributed by atoms with Crippen molar-refractivity contribution in [3.05, 3.63) is 60.7 Å². The number of anilines is 1. The Labute approximate surface area is 175 Å². The number of nitrogens with one attached hydrogen (secondary N) is 2. The van der Waals surface area contributed by atoms with E-state index >= 15 is 0 Å². The Morgan fingerprint density at radius 3 is 2.27 bits per heavy atom. The molecule has 0 saturated carbocycles. The van der Waals surface area contributed by atoms with Gasteiger partial charge in [-0.15, -0.1) is 10.2 Å². The second-order valence-corrected chi connectivity index (χ2v) is 6.17. The normalized spacial score (nSPS) is 10.2.